The van der Waals surface area contributed by atoms with Gasteiger partial charge in [-0.25, -0.2) is 0 Å². The van der Waals surface area contributed by atoms with Crippen LogP contribution in [0.15, 0.2) is 85.2 Å². The Morgan fingerprint density at radius 1 is 0.673 bits per heavy atom. The highest BCUT2D eigenvalue weighted by atomic mass is 19.4. The van der Waals surface area contributed by atoms with Crippen LogP contribution in [-0.4, -0.2) is 67.1 Å². The number of hydrogen-bond donors (Lipinski definition) is 5. The quantitative estimate of drug-likeness (QED) is 0.154. The number of likely N-dealkylation sites (N-methyl/N-ethyl adjacent to an activating group) is 1. The number of alkyl halides is 6. The minimum atomic E-state index is -4.58. The van der Waals surface area contributed by atoms with Gasteiger partial charge in [0.05, 0.1) is 12.1 Å². The fourth-order valence-corrected chi connectivity index (χ4v) is 4.67. The normalized spacial score (nSPS) is 14.8. The molecule has 0 unspecified atom stereocenters. The summed E-state index contributed by atoms with van der Waals surface area (Å²) in [6, 6.07) is 19.0. The number of carbonyl (C=O) groups excluding carboxylic acids is 2. The summed E-state index contributed by atoms with van der Waals surface area (Å²) in [5.74, 6) is -1.23. The topological polar surface area (TPSA) is 123 Å². The zero-order valence-corrected chi connectivity index (χ0v) is 26.0. The summed E-state index contributed by atoms with van der Waals surface area (Å²) in [5.41, 5.74) is 0.566. The summed E-state index contributed by atoms with van der Waals surface area (Å²) in [4.78, 5) is 32.9. The first-order chi connectivity index (χ1) is 23.3. The smallest absolute Gasteiger partial charge is 0.380 e. The summed E-state index contributed by atoms with van der Waals surface area (Å²) in [7, 11) is 1.99. The van der Waals surface area contributed by atoms with Crippen molar-refractivity contribution in [3.8, 4) is 0 Å². The molecule has 0 spiro atoms. The van der Waals surface area contributed by atoms with Crippen LogP contribution in [0, 0.1) is 0 Å². The first-order valence-corrected chi connectivity index (χ1v) is 15.1. The van der Waals surface area contributed by atoms with Crippen molar-refractivity contribution in [2.24, 2.45) is 0 Å². The van der Waals surface area contributed by atoms with Crippen LogP contribution in [0.1, 0.15) is 32.1 Å². The third kappa shape index (κ3) is 9.45. The van der Waals surface area contributed by atoms with Gasteiger partial charge in [-0.1, -0.05) is 0 Å². The minimum absolute atomic E-state index is 0.0935. The molecule has 2 amide bonds. The first-order valence-electron chi connectivity index (χ1n) is 15.1. The van der Waals surface area contributed by atoms with Gasteiger partial charge < -0.3 is 31.5 Å². The average molecular weight is 687 g/mol. The van der Waals surface area contributed by atoms with Crippen LogP contribution in [0.5, 0.6) is 0 Å². The minimum Gasteiger partial charge on any atom is -0.380 e. The van der Waals surface area contributed by atoms with E-state index in [4.69, 9.17) is 0 Å². The second-order valence-electron chi connectivity index (χ2n) is 11.3. The maximum absolute atomic E-state index is 12.7. The third-order valence-electron chi connectivity index (χ3n) is 7.76. The van der Waals surface area contributed by atoms with Crippen LogP contribution in [-0.2, 0) is 12.4 Å². The maximum Gasteiger partial charge on any atom is 0.433 e. The molecule has 5 N–H and O–H groups in total. The van der Waals surface area contributed by atoms with E-state index in [0.29, 0.717) is 23.5 Å². The first kappa shape index (κ1) is 35.1. The monoisotopic (exact) mass is 686 g/mol. The summed E-state index contributed by atoms with van der Waals surface area (Å²) in [6.07, 6.45) is -7.22. The Balaban J connectivity index is 0.000000191. The molecule has 4 aromatic rings. The number of nitrogens with zero attached hydrogens (tertiary/aromatic N) is 3. The van der Waals surface area contributed by atoms with E-state index in [1.807, 2.05) is 31.3 Å². The number of hydrogen-bond acceptors (Lipinski definition) is 8. The Morgan fingerprint density at radius 2 is 1.10 bits per heavy atom. The van der Waals surface area contributed by atoms with E-state index in [-0.39, 0.29) is 11.1 Å². The Bertz CT molecular complexity index is 1740. The average Bonchev–Trinajstić information content (AvgIpc) is 3.02. The number of rotatable bonds is 8. The molecule has 0 aliphatic carbocycles. The molecule has 258 valence electrons. The Hall–Kier alpha value is -5.22. The lowest BCUT2D eigenvalue weighted by Gasteiger charge is -2.37. The van der Waals surface area contributed by atoms with Crippen LogP contribution in [0.4, 0.5) is 49.1 Å². The summed E-state index contributed by atoms with van der Waals surface area (Å²) in [6.45, 7) is 3.67. The van der Waals surface area contributed by atoms with Gasteiger partial charge in [0.2, 0.25) is 0 Å². The number of carbonyl (C=O) groups is 2. The molecular formula is C33H32F6N8O2. The number of benzene rings is 2. The largest absolute Gasteiger partial charge is 0.433 e. The van der Waals surface area contributed by atoms with Gasteiger partial charge in [-0.3, -0.25) is 19.6 Å². The molecule has 2 aromatic heterocycles. The number of pyridine rings is 2. The highest BCUT2D eigenvalue weighted by molar-refractivity contribution is 6.05. The highest BCUT2D eigenvalue weighted by Gasteiger charge is 2.34. The van der Waals surface area contributed by atoms with Crippen LogP contribution in [0.25, 0.3) is 0 Å². The van der Waals surface area contributed by atoms with E-state index in [0.717, 1.165) is 62.1 Å². The molecule has 16 heteroatoms. The lowest BCUT2D eigenvalue weighted by atomic mass is 10.1. The molecule has 2 aliphatic heterocycles. The van der Waals surface area contributed by atoms with Gasteiger partial charge in [-0.05, 0) is 72.8 Å². The fourth-order valence-electron chi connectivity index (χ4n) is 4.67. The Labute approximate surface area is 277 Å². The molecule has 0 bridgehead atoms. The molecule has 4 heterocycles. The van der Waals surface area contributed by atoms with Crippen molar-refractivity contribution < 1.29 is 35.9 Å². The number of nitrogens with one attached hydrogen (secondary N) is 5. The highest BCUT2D eigenvalue weighted by Crippen LogP contribution is 2.29. The molecule has 0 saturated carbocycles. The molecule has 10 nitrogen and oxygen atoms in total. The molecular weight excluding hydrogens is 654 g/mol. The van der Waals surface area contributed by atoms with Gasteiger partial charge in [-0.2, -0.15) is 26.3 Å². The van der Waals surface area contributed by atoms with Crippen LogP contribution < -0.4 is 31.5 Å². The second-order valence-corrected chi connectivity index (χ2v) is 11.3. The predicted molar refractivity (Wildman–Crippen MR) is 173 cm³/mol. The van der Waals surface area contributed by atoms with E-state index >= 15 is 0 Å². The second kappa shape index (κ2) is 14.9. The van der Waals surface area contributed by atoms with Crippen molar-refractivity contribution in [2.75, 3.05) is 54.1 Å². The van der Waals surface area contributed by atoms with Gasteiger partial charge >= 0.3 is 12.4 Å². The molecule has 0 radical (unpaired) electrons. The van der Waals surface area contributed by atoms with E-state index in [1.165, 1.54) is 12.1 Å². The Kier molecular flexibility index (Phi) is 10.7. The van der Waals surface area contributed by atoms with Gasteiger partial charge in [0.1, 0.15) is 11.4 Å². The van der Waals surface area contributed by atoms with Crippen molar-refractivity contribution in [3.63, 3.8) is 0 Å². The van der Waals surface area contributed by atoms with Gasteiger partial charge in [0.25, 0.3) is 11.8 Å². The summed E-state index contributed by atoms with van der Waals surface area (Å²) in [5, 5.41) is 14.8. The van der Waals surface area contributed by atoms with E-state index in [9.17, 15) is 35.9 Å². The standard InChI is InChI=1S/C17H17F3N4O.C16H15F3N4O/c1-24(14-9-21-10-14)13-4-2-12(3-5-13)23-16(25)11-6-7-22-15(8-11)17(18,19)20;17-16(18,19)14-7-10(5-6-21-14)15(24)23-12-3-1-11(2-4-12)22-13-8-20-9-13/h2-8,14,21H,9-10H2,1H3,(H,23,25);1-7,13,20,22H,8-9H2,(H,23,24). The fraction of sp³-hybridized carbons (Fsp3) is 0.273. The van der Waals surface area contributed by atoms with Gasteiger partial charge in [-0.15, -0.1) is 0 Å². The van der Waals surface area contributed by atoms with E-state index < -0.39 is 35.6 Å². The van der Waals surface area contributed by atoms with Crippen molar-refractivity contribution >= 4 is 34.6 Å². The van der Waals surface area contributed by atoms with Crippen LogP contribution in [0.2, 0.25) is 0 Å². The zero-order chi connectivity index (χ0) is 35.2. The number of halogens is 6. The molecule has 6 rings (SSSR count). The van der Waals surface area contributed by atoms with Crippen LogP contribution >= 0.6 is 0 Å². The molecule has 49 heavy (non-hydrogen) atoms. The lowest BCUT2D eigenvalue weighted by Crippen LogP contribution is -2.56. The predicted octanol–water partition coefficient (Wildman–Crippen LogP) is 5.50. The lowest BCUT2D eigenvalue weighted by molar-refractivity contribution is -0.142. The van der Waals surface area contributed by atoms with Crippen molar-refractivity contribution in [3.05, 3.63) is 108 Å². The van der Waals surface area contributed by atoms with Crippen molar-refractivity contribution in [2.45, 2.75) is 24.4 Å². The van der Waals surface area contributed by atoms with Crippen molar-refractivity contribution in [1.29, 1.82) is 0 Å². The Morgan fingerprint density at radius 3 is 1.49 bits per heavy atom. The number of amides is 2. The van der Waals surface area contributed by atoms with E-state index in [2.05, 4.69) is 41.5 Å². The van der Waals surface area contributed by atoms with Gasteiger partial charge in [0.15, 0.2) is 0 Å². The number of anilines is 4. The summed E-state index contributed by atoms with van der Waals surface area (Å²) >= 11 is 0. The molecule has 2 aliphatic rings. The molecule has 0 atom stereocenters. The van der Waals surface area contributed by atoms with Gasteiger partial charge in [0, 0.05) is 79.5 Å². The molecule has 2 fully saturated rings. The molecule has 2 saturated heterocycles. The maximum atomic E-state index is 12.7. The number of aromatic nitrogens is 2. The van der Waals surface area contributed by atoms with E-state index in [1.54, 1.807) is 24.3 Å². The van der Waals surface area contributed by atoms with Crippen molar-refractivity contribution in [1.82, 2.24) is 20.6 Å². The summed E-state index contributed by atoms with van der Waals surface area (Å²) < 4.78 is 75.9. The third-order valence-corrected chi connectivity index (χ3v) is 7.76. The van der Waals surface area contributed by atoms with Crippen LogP contribution in [0.3, 0.4) is 0 Å². The molecule has 2 aromatic carbocycles. The SMILES string of the molecule is CN(c1ccc(NC(=O)c2ccnc(C(F)(F)F)c2)cc1)C1CNC1.O=C(Nc1ccc(NC2CNC2)cc1)c1ccnc(C(F)(F)F)c1. The zero-order valence-electron chi connectivity index (χ0n) is 26.0.